The molecule has 0 radical (unpaired) electrons. The number of nitrogens with two attached hydrogens (primary N) is 1. The van der Waals surface area contributed by atoms with Crippen molar-refractivity contribution in [1.29, 1.82) is 0 Å². The Bertz CT molecular complexity index is 387. The first-order chi connectivity index (χ1) is 9.42. The maximum Gasteiger partial charge on any atom is 0.326 e. The van der Waals surface area contributed by atoms with Gasteiger partial charge in [0, 0.05) is 0 Å². The van der Waals surface area contributed by atoms with Crippen LogP contribution in [0.1, 0.15) is 47.5 Å². The molecule has 1 amide bonds. The third-order valence-corrected chi connectivity index (χ3v) is 2.47. The highest BCUT2D eigenvalue weighted by Crippen LogP contribution is 2.10. The zero-order valence-corrected chi connectivity index (χ0v) is 13.3. The van der Waals surface area contributed by atoms with Crippen LogP contribution in [0, 0.1) is 5.92 Å². The topological polar surface area (TPSA) is 119 Å². The van der Waals surface area contributed by atoms with Crippen molar-refractivity contribution in [2.75, 3.05) is 0 Å². The lowest BCUT2D eigenvalue weighted by molar-refractivity contribution is -0.158. The van der Waals surface area contributed by atoms with Gasteiger partial charge in [0.05, 0.1) is 12.5 Å². The molecule has 0 spiro atoms. The summed E-state index contributed by atoms with van der Waals surface area (Å²) in [6.45, 7) is 8.85. The number of amides is 1. The van der Waals surface area contributed by atoms with Crippen molar-refractivity contribution in [1.82, 2.24) is 5.32 Å². The summed E-state index contributed by atoms with van der Waals surface area (Å²) in [7, 11) is 0. The fourth-order valence-corrected chi connectivity index (χ4v) is 1.64. The smallest absolute Gasteiger partial charge is 0.326 e. The Labute approximate surface area is 125 Å². The van der Waals surface area contributed by atoms with E-state index in [1.807, 2.05) is 13.8 Å². The summed E-state index contributed by atoms with van der Waals surface area (Å²) in [5.41, 5.74) is 4.97. The van der Waals surface area contributed by atoms with Crippen LogP contribution in [0.15, 0.2) is 0 Å². The predicted molar refractivity (Wildman–Crippen MR) is 77.5 cm³/mol. The Hall–Kier alpha value is -1.63. The van der Waals surface area contributed by atoms with Gasteiger partial charge in [-0.25, -0.2) is 4.79 Å². The number of carboxylic acid groups (broad SMARTS) is 1. The zero-order chi connectivity index (χ0) is 16.8. The highest BCUT2D eigenvalue weighted by Gasteiger charge is 2.28. The molecule has 4 N–H and O–H groups in total. The van der Waals surface area contributed by atoms with Gasteiger partial charge in [-0.3, -0.25) is 9.59 Å². The molecule has 122 valence electrons. The largest absolute Gasteiger partial charge is 0.480 e. The number of hydrogen-bond donors (Lipinski definition) is 3. The number of carbonyl (C=O) groups excluding carboxylic acids is 2. The SMILES string of the molecule is CC(C)CC(N)C(=O)N[C@@H](CC(=O)OC(C)(C)C)C(=O)O. The van der Waals surface area contributed by atoms with E-state index in [4.69, 9.17) is 15.6 Å². The molecular weight excluding hydrogens is 276 g/mol. The number of nitrogens with one attached hydrogen (secondary N) is 1. The van der Waals surface area contributed by atoms with Crippen LogP contribution in [-0.4, -0.2) is 40.6 Å². The summed E-state index contributed by atoms with van der Waals surface area (Å²) < 4.78 is 5.04. The van der Waals surface area contributed by atoms with Crippen molar-refractivity contribution in [2.45, 2.75) is 65.1 Å². The Kier molecular flexibility index (Phi) is 7.35. The summed E-state index contributed by atoms with van der Waals surface area (Å²) in [4.78, 5) is 34.6. The fraction of sp³-hybridized carbons (Fsp3) is 0.786. The van der Waals surface area contributed by atoms with Gasteiger partial charge < -0.3 is 20.9 Å². The minimum absolute atomic E-state index is 0.208. The molecule has 0 aliphatic heterocycles. The van der Waals surface area contributed by atoms with Crippen LogP contribution >= 0.6 is 0 Å². The van der Waals surface area contributed by atoms with Crippen LogP contribution in [0.25, 0.3) is 0 Å². The van der Waals surface area contributed by atoms with E-state index in [1.54, 1.807) is 20.8 Å². The number of hydrogen-bond acceptors (Lipinski definition) is 5. The number of ether oxygens (including phenoxy) is 1. The molecule has 0 aliphatic rings. The molecule has 2 atom stereocenters. The summed E-state index contributed by atoms with van der Waals surface area (Å²) in [5.74, 6) is -2.36. The van der Waals surface area contributed by atoms with Crippen molar-refractivity contribution in [2.24, 2.45) is 11.7 Å². The van der Waals surface area contributed by atoms with E-state index in [9.17, 15) is 14.4 Å². The molecule has 0 aromatic rings. The number of carbonyl (C=O) groups is 3. The van der Waals surface area contributed by atoms with Crippen LogP contribution in [-0.2, 0) is 19.1 Å². The maximum atomic E-state index is 11.8. The van der Waals surface area contributed by atoms with Gasteiger partial charge in [0.1, 0.15) is 11.6 Å². The van der Waals surface area contributed by atoms with Crippen LogP contribution in [0.4, 0.5) is 0 Å². The fourth-order valence-electron chi connectivity index (χ4n) is 1.64. The second-order valence-corrected chi connectivity index (χ2v) is 6.43. The standard InChI is InChI=1S/C14H26N2O5/c1-8(2)6-9(15)12(18)16-10(13(19)20)7-11(17)21-14(3,4)5/h8-10H,6-7,15H2,1-5H3,(H,16,18)(H,19,20)/t9?,10-/m0/s1. The summed E-state index contributed by atoms with van der Waals surface area (Å²) in [6, 6.07) is -2.14. The summed E-state index contributed by atoms with van der Waals surface area (Å²) in [5, 5.41) is 11.3. The minimum atomic E-state index is -1.34. The molecule has 1 unspecified atom stereocenters. The number of esters is 1. The van der Waals surface area contributed by atoms with Crippen LogP contribution in [0.3, 0.4) is 0 Å². The first-order valence-electron chi connectivity index (χ1n) is 6.93. The number of aliphatic carboxylic acids is 1. The lowest BCUT2D eigenvalue weighted by Gasteiger charge is -2.22. The molecule has 0 aromatic heterocycles. The van der Waals surface area contributed by atoms with Crippen molar-refractivity contribution in [3.63, 3.8) is 0 Å². The third kappa shape index (κ3) is 9.01. The van der Waals surface area contributed by atoms with E-state index in [0.29, 0.717) is 6.42 Å². The Morgan fingerprint density at radius 3 is 2.14 bits per heavy atom. The molecule has 0 bridgehead atoms. The monoisotopic (exact) mass is 302 g/mol. The van der Waals surface area contributed by atoms with Gasteiger partial charge in [0.25, 0.3) is 0 Å². The average molecular weight is 302 g/mol. The molecule has 0 saturated heterocycles. The van der Waals surface area contributed by atoms with Crippen LogP contribution in [0.2, 0.25) is 0 Å². The molecule has 7 nitrogen and oxygen atoms in total. The van der Waals surface area contributed by atoms with Gasteiger partial charge in [-0.05, 0) is 33.1 Å². The summed E-state index contributed by atoms with van der Waals surface area (Å²) in [6.07, 6.45) is -0.00263. The summed E-state index contributed by atoms with van der Waals surface area (Å²) >= 11 is 0. The molecule has 0 aliphatic carbocycles. The molecule has 0 aromatic carbocycles. The van der Waals surface area contributed by atoms with Gasteiger partial charge in [-0.1, -0.05) is 13.8 Å². The quantitative estimate of drug-likeness (QED) is 0.594. The Morgan fingerprint density at radius 2 is 1.76 bits per heavy atom. The van der Waals surface area contributed by atoms with E-state index in [2.05, 4.69) is 5.32 Å². The van der Waals surface area contributed by atoms with Crippen molar-refractivity contribution in [3.05, 3.63) is 0 Å². The molecule has 0 saturated carbocycles. The average Bonchev–Trinajstić information content (AvgIpc) is 2.23. The van der Waals surface area contributed by atoms with Gasteiger partial charge in [0.2, 0.25) is 5.91 Å². The second kappa shape index (κ2) is 7.97. The van der Waals surface area contributed by atoms with Crippen molar-refractivity contribution in [3.8, 4) is 0 Å². The first-order valence-corrected chi connectivity index (χ1v) is 6.93. The second-order valence-electron chi connectivity index (χ2n) is 6.43. The molecule has 0 fully saturated rings. The van der Waals surface area contributed by atoms with Crippen LogP contribution in [0.5, 0.6) is 0 Å². The van der Waals surface area contributed by atoms with Gasteiger partial charge in [-0.15, -0.1) is 0 Å². The molecular formula is C14H26N2O5. The van der Waals surface area contributed by atoms with E-state index in [-0.39, 0.29) is 5.92 Å². The van der Waals surface area contributed by atoms with Gasteiger partial charge in [0.15, 0.2) is 0 Å². The molecule has 0 rings (SSSR count). The number of rotatable bonds is 7. The molecule has 21 heavy (non-hydrogen) atoms. The Balaban J connectivity index is 4.60. The van der Waals surface area contributed by atoms with E-state index < -0.39 is 42.0 Å². The lowest BCUT2D eigenvalue weighted by atomic mass is 10.0. The molecule has 7 heteroatoms. The normalized spacial score (nSPS) is 14.4. The van der Waals surface area contributed by atoms with E-state index >= 15 is 0 Å². The van der Waals surface area contributed by atoms with Crippen molar-refractivity contribution >= 4 is 17.8 Å². The van der Waals surface area contributed by atoms with E-state index in [1.165, 1.54) is 0 Å². The lowest BCUT2D eigenvalue weighted by Crippen LogP contribution is -2.49. The highest BCUT2D eigenvalue weighted by atomic mass is 16.6. The highest BCUT2D eigenvalue weighted by molar-refractivity contribution is 5.89. The predicted octanol–water partition coefficient (Wildman–Crippen LogP) is 0.661. The molecule has 0 heterocycles. The van der Waals surface area contributed by atoms with Gasteiger partial charge >= 0.3 is 11.9 Å². The first kappa shape index (κ1) is 19.4. The number of carboxylic acids is 1. The zero-order valence-electron chi connectivity index (χ0n) is 13.3. The maximum absolute atomic E-state index is 11.8. The van der Waals surface area contributed by atoms with Crippen molar-refractivity contribution < 1.29 is 24.2 Å². The minimum Gasteiger partial charge on any atom is -0.480 e. The van der Waals surface area contributed by atoms with E-state index in [0.717, 1.165) is 0 Å². The van der Waals surface area contributed by atoms with Crippen LogP contribution < -0.4 is 11.1 Å². The van der Waals surface area contributed by atoms with Gasteiger partial charge in [-0.2, -0.15) is 0 Å². The third-order valence-electron chi connectivity index (χ3n) is 2.47. The Morgan fingerprint density at radius 1 is 1.24 bits per heavy atom.